The summed E-state index contributed by atoms with van der Waals surface area (Å²) in [7, 11) is 0. The summed E-state index contributed by atoms with van der Waals surface area (Å²) >= 11 is 4.40. The molecule has 1 aromatic heterocycles. The van der Waals surface area contributed by atoms with E-state index in [-0.39, 0.29) is 5.56 Å². The molecular weight excluding hydrogens is 317 g/mol. The van der Waals surface area contributed by atoms with Crippen molar-refractivity contribution in [1.29, 1.82) is 0 Å². The van der Waals surface area contributed by atoms with Gasteiger partial charge in [0.2, 0.25) is 0 Å². The van der Waals surface area contributed by atoms with Crippen LogP contribution >= 0.6 is 27.3 Å². The molecule has 17 heavy (non-hydrogen) atoms. The van der Waals surface area contributed by atoms with E-state index < -0.39 is 28.8 Å². The summed E-state index contributed by atoms with van der Waals surface area (Å²) in [6.07, 6.45) is 0. The third kappa shape index (κ3) is 2.42. The van der Waals surface area contributed by atoms with Crippen molar-refractivity contribution < 1.29 is 18.0 Å². The van der Waals surface area contributed by atoms with Crippen molar-refractivity contribution in [2.45, 2.75) is 0 Å². The first-order valence-electron chi connectivity index (χ1n) is 4.42. The highest BCUT2D eigenvalue weighted by Gasteiger charge is 2.18. The lowest BCUT2D eigenvalue weighted by atomic mass is 10.1. The smallest absolute Gasteiger partial charge is 0.196 e. The van der Waals surface area contributed by atoms with Crippen LogP contribution in [0.2, 0.25) is 0 Å². The minimum Gasteiger partial charge on any atom is -0.288 e. The Labute approximate surface area is 107 Å². The van der Waals surface area contributed by atoms with Gasteiger partial charge in [-0.05, 0) is 28.1 Å². The number of ketones is 1. The largest absolute Gasteiger partial charge is 0.288 e. The number of hydrogen-bond acceptors (Lipinski definition) is 2. The lowest BCUT2D eigenvalue weighted by Crippen LogP contribution is -2.05. The van der Waals surface area contributed by atoms with Crippen molar-refractivity contribution in [2.75, 3.05) is 0 Å². The van der Waals surface area contributed by atoms with Gasteiger partial charge in [0.25, 0.3) is 0 Å². The van der Waals surface area contributed by atoms with Gasteiger partial charge in [0.15, 0.2) is 17.4 Å². The lowest BCUT2D eigenvalue weighted by Gasteiger charge is -2.01. The fraction of sp³-hybridized carbons (Fsp3) is 0. The van der Waals surface area contributed by atoms with Crippen LogP contribution in [0.1, 0.15) is 15.9 Å². The van der Waals surface area contributed by atoms with Crippen molar-refractivity contribution in [3.63, 3.8) is 0 Å². The molecule has 0 atom stereocenters. The van der Waals surface area contributed by atoms with Crippen LogP contribution in [-0.4, -0.2) is 5.78 Å². The number of thiophene rings is 1. The molecule has 0 aliphatic carbocycles. The number of rotatable bonds is 2. The molecule has 0 saturated carbocycles. The van der Waals surface area contributed by atoms with Gasteiger partial charge in [-0.15, -0.1) is 11.3 Å². The second-order valence-electron chi connectivity index (χ2n) is 3.21. The first-order valence-corrected chi connectivity index (χ1v) is 6.09. The summed E-state index contributed by atoms with van der Waals surface area (Å²) in [6.45, 7) is 0. The molecule has 1 nitrogen and oxygen atoms in total. The zero-order valence-electron chi connectivity index (χ0n) is 8.14. The molecule has 0 unspecified atom stereocenters. The zero-order chi connectivity index (χ0) is 12.6. The molecule has 1 aromatic carbocycles. The minimum absolute atomic E-state index is 0.229. The second kappa shape index (κ2) is 4.62. The Morgan fingerprint density at radius 1 is 1.06 bits per heavy atom. The quantitative estimate of drug-likeness (QED) is 0.600. The third-order valence-corrected chi connectivity index (χ3v) is 3.59. The van der Waals surface area contributed by atoms with E-state index in [2.05, 4.69) is 15.9 Å². The van der Waals surface area contributed by atoms with Gasteiger partial charge >= 0.3 is 0 Å². The van der Waals surface area contributed by atoms with Crippen molar-refractivity contribution in [3.05, 3.63) is 55.9 Å². The van der Waals surface area contributed by atoms with Crippen LogP contribution in [0.4, 0.5) is 13.2 Å². The summed E-state index contributed by atoms with van der Waals surface area (Å²) in [5.74, 6) is -4.31. The number of halogens is 4. The minimum atomic E-state index is -1.31. The molecule has 1 heterocycles. The Balaban J connectivity index is 2.47. The summed E-state index contributed by atoms with van der Waals surface area (Å²) in [5.41, 5.74) is -0.249. The summed E-state index contributed by atoms with van der Waals surface area (Å²) in [5, 5.41) is 1.51. The molecular formula is C11H4BrF3OS. The highest BCUT2D eigenvalue weighted by Crippen LogP contribution is 2.24. The molecule has 0 N–H and O–H groups in total. The normalized spacial score (nSPS) is 10.6. The maximum Gasteiger partial charge on any atom is 0.196 e. The Morgan fingerprint density at radius 3 is 2.29 bits per heavy atom. The molecule has 2 rings (SSSR count). The van der Waals surface area contributed by atoms with Crippen LogP contribution in [0.15, 0.2) is 27.4 Å². The van der Waals surface area contributed by atoms with Gasteiger partial charge in [0.1, 0.15) is 5.82 Å². The second-order valence-corrected chi connectivity index (χ2v) is 5.51. The average Bonchev–Trinajstić information content (AvgIpc) is 2.69. The molecule has 0 saturated heterocycles. The SMILES string of the molecule is O=C(c1csc(Br)c1)c1cc(F)c(F)cc1F. The van der Waals surface area contributed by atoms with E-state index in [1.165, 1.54) is 22.8 Å². The molecule has 0 amide bonds. The van der Waals surface area contributed by atoms with Crippen molar-refractivity contribution in [2.24, 2.45) is 0 Å². The lowest BCUT2D eigenvalue weighted by molar-refractivity contribution is 0.103. The molecule has 0 fully saturated rings. The average molecular weight is 321 g/mol. The van der Waals surface area contributed by atoms with Gasteiger partial charge in [0.05, 0.1) is 9.35 Å². The maximum atomic E-state index is 13.3. The van der Waals surface area contributed by atoms with E-state index in [1.54, 1.807) is 0 Å². The third-order valence-electron chi connectivity index (χ3n) is 2.08. The van der Waals surface area contributed by atoms with Crippen LogP contribution in [-0.2, 0) is 0 Å². The number of carbonyl (C=O) groups is 1. The Kier molecular flexibility index (Phi) is 3.35. The molecule has 2 aromatic rings. The highest BCUT2D eigenvalue weighted by atomic mass is 79.9. The van der Waals surface area contributed by atoms with E-state index >= 15 is 0 Å². The molecule has 0 aliphatic heterocycles. The van der Waals surface area contributed by atoms with E-state index in [0.29, 0.717) is 15.9 Å². The van der Waals surface area contributed by atoms with Crippen LogP contribution in [0.3, 0.4) is 0 Å². The molecule has 88 valence electrons. The molecule has 0 bridgehead atoms. The van der Waals surface area contributed by atoms with Gasteiger partial charge < -0.3 is 0 Å². The van der Waals surface area contributed by atoms with Crippen LogP contribution in [0.5, 0.6) is 0 Å². The topological polar surface area (TPSA) is 17.1 Å². The number of benzene rings is 1. The molecule has 0 aliphatic rings. The van der Waals surface area contributed by atoms with Crippen molar-refractivity contribution >= 4 is 33.0 Å². The maximum absolute atomic E-state index is 13.3. The van der Waals surface area contributed by atoms with Gasteiger partial charge in [-0.3, -0.25) is 4.79 Å². The Morgan fingerprint density at radius 2 is 1.71 bits per heavy atom. The van der Waals surface area contributed by atoms with Gasteiger partial charge in [0, 0.05) is 17.0 Å². The predicted molar refractivity (Wildman–Crippen MR) is 61.8 cm³/mol. The van der Waals surface area contributed by atoms with E-state index in [4.69, 9.17) is 0 Å². The van der Waals surface area contributed by atoms with Crippen LogP contribution in [0.25, 0.3) is 0 Å². The van der Waals surface area contributed by atoms with Crippen LogP contribution in [0, 0.1) is 17.5 Å². The summed E-state index contributed by atoms with van der Waals surface area (Å²) in [4.78, 5) is 11.8. The first kappa shape index (κ1) is 12.3. The fourth-order valence-corrected chi connectivity index (χ4v) is 2.42. The zero-order valence-corrected chi connectivity index (χ0v) is 10.5. The summed E-state index contributed by atoms with van der Waals surface area (Å²) in [6, 6.07) is 2.43. The first-order chi connectivity index (χ1) is 7.99. The Bertz CT molecular complexity index is 594. The van der Waals surface area contributed by atoms with E-state index in [0.717, 1.165) is 0 Å². The van der Waals surface area contributed by atoms with E-state index in [9.17, 15) is 18.0 Å². The predicted octanol–water partition coefficient (Wildman–Crippen LogP) is 4.16. The summed E-state index contributed by atoms with van der Waals surface area (Å²) < 4.78 is 39.7. The van der Waals surface area contributed by atoms with E-state index in [1.807, 2.05) is 0 Å². The van der Waals surface area contributed by atoms with Crippen molar-refractivity contribution in [1.82, 2.24) is 0 Å². The number of carbonyl (C=O) groups excluding carboxylic acids is 1. The standard InChI is InChI=1S/C11H4BrF3OS/c12-10-1-5(4-17-10)11(16)6-2-8(14)9(15)3-7(6)13/h1-4H. The molecule has 0 radical (unpaired) electrons. The fourth-order valence-electron chi connectivity index (χ4n) is 1.28. The molecule has 0 spiro atoms. The van der Waals surface area contributed by atoms with Gasteiger partial charge in [-0.1, -0.05) is 0 Å². The number of hydrogen-bond donors (Lipinski definition) is 0. The molecule has 6 heteroatoms. The highest BCUT2D eigenvalue weighted by molar-refractivity contribution is 9.11. The van der Waals surface area contributed by atoms with Gasteiger partial charge in [-0.2, -0.15) is 0 Å². The van der Waals surface area contributed by atoms with Crippen LogP contribution < -0.4 is 0 Å². The Hall–Kier alpha value is -1.14. The monoisotopic (exact) mass is 320 g/mol. The van der Waals surface area contributed by atoms with Gasteiger partial charge in [-0.25, -0.2) is 13.2 Å². The van der Waals surface area contributed by atoms with Crippen molar-refractivity contribution in [3.8, 4) is 0 Å².